The molecule has 0 saturated carbocycles. The van der Waals surface area contributed by atoms with E-state index in [2.05, 4.69) is 10.6 Å². The number of ketones is 1. The Morgan fingerprint density at radius 2 is 1.96 bits per heavy atom. The first-order valence-corrected chi connectivity index (χ1v) is 7.98. The van der Waals surface area contributed by atoms with Crippen LogP contribution in [0.5, 0.6) is 5.75 Å². The van der Waals surface area contributed by atoms with Gasteiger partial charge in [0, 0.05) is 17.7 Å². The van der Waals surface area contributed by atoms with Gasteiger partial charge in [-0.3, -0.25) is 14.4 Å². The van der Waals surface area contributed by atoms with Crippen LogP contribution in [0.3, 0.4) is 0 Å². The molecule has 0 bridgehead atoms. The number of aryl methyl sites for hydroxylation is 1. The van der Waals surface area contributed by atoms with Crippen molar-refractivity contribution in [2.75, 3.05) is 17.2 Å². The molecular weight excluding hydrogens is 320 g/mol. The van der Waals surface area contributed by atoms with Crippen LogP contribution < -0.4 is 15.4 Å². The van der Waals surface area contributed by atoms with Crippen molar-refractivity contribution in [3.05, 3.63) is 53.6 Å². The molecule has 3 rings (SSSR count). The van der Waals surface area contributed by atoms with Gasteiger partial charge < -0.3 is 15.4 Å². The fraction of sp³-hybridized carbons (Fsp3) is 0.211. The monoisotopic (exact) mass is 338 g/mol. The molecule has 6 heteroatoms. The summed E-state index contributed by atoms with van der Waals surface area (Å²) in [5, 5.41) is 5.48. The average Bonchev–Trinajstić information content (AvgIpc) is 2.60. The van der Waals surface area contributed by atoms with Crippen LogP contribution in [0.4, 0.5) is 11.4 Å². The molecule has 0 unspecified atom stereocenters. The number of hydrogen-bond donors (Lipinski definition) is 2. The van der Waals surface area contributed by atoms with E-state index in [0.717, 1.165) is 11.3 Å². The molecule has 2 aromatic carbocycles. The number of rotatable bonds is 5. The molecule has 1 aliphatic rings. The van der Waals surface area contributed by atoms with Gasteiger partial charge in [0.1, 0.15) is 5.75 Å². The summed E-state index contributed by atoms with van der Waals surface area (Å²) in [6.45, 7) is 1.28. The Morgan fingerprint density at radius 3 is 2.76 bits per heavy atom. The second-order valence-electron chi connectivity index (χ2n) is 5.81. The van der Waals surface area contributed by atoms with Crippen molar-refractivity contribution in [1.82, 2.24) is 0 Å². The number of Topliss-reactive ketones (excluding diaryl/α,β-unsaturated/α-hetero) is 1. The predicted molar refractivity (Wildman–Crippen MR) is 94.0 cm³/mol. The van der Waals surface area contributed by atoms with Gasteiger partial charge in [-0.2, -0.15) is 0 Å². The number of nitrogens with one attached hydrogen (secondary N) is 2. The summed E-state index contributed by atoms with van der Waals surface area (Å²) in [6.07, 6.45) is 1.09. The lowest BCUT2D eigenvalue weighted by atomic mass is 10.0. The third-order valence-electron chi connectivity index (χ3n) is 3.92. The normalized spacial score (nSPS) is 12.8. The van der Waals surface area contributed by atoms with Crippen LogP contribution in [0.15, 0.2) is 42.5 Å². The number of para-hydroxylation sites is 1. The highest BCUT2D eigenvalue weighted by Gasteiger charge is 2.15. The van der Waals surface area contributed by atoms with Crippen molar-refractivity contribution in [3.8, 4) is 5.75 Å². The van der Waals surface area contributed by atoms with Crippen LogP contribution in [0.25, 0.3) is 0 Å². The summed E-state index contributed by atoms with van der Waals surface area (Å²) in [5.74, 6) is 0.0999. The fourth-order valence-electron chi connectivity index (χ4n) is 2.68. The minimum atomic E-state index is -0.347. The van der Waals surface area contributed by atoms with E-state index in [1.54, 1.807) is 36.4 Å². The van der Waals surface area contributed by atoms with E-state index < -0.39 is 0 Å². The zero-order chi connectivity index (χ0) is 17.8. The highest BCUT2D eigenvalue weighted by Crippen LogP contribution is 2.26. The van der Waals surface area contributed by atoms with Crippen LogP contribution >= 0.6 is 0 Å². The number of benzene rings is 2. The van der Waals surface area contributed by atoms with Crippen molar-refractivity contribution in [2.24, 2.45) is 0 Å². The van der Waals surface area contributed by atoms with Gasteiger partial charge in [-0.25, -0.2) is 0 Å². The molecule has 0 spiro atoms. The van der Waals surface area contributed by atoms with Crippen LogP contribution in [-0.2, 0) is 16.0 Å². The number of amides is 2. The molecule has 1 aliphatic heterocycles. The van der Waals surface area contributed by atoms with E-state index in [9.17, 15) is 14.4 Å². The predicted octanol–water partition coefficient (Wildman–Crippen LogP) is 2.79. The lowest BCUT2D eigenvalue weighted by Gasteiger charge is -2.17. The zero-order valence-corrected chi connectivity index (χ0v) is 13.8. The van der Waals surface area contributed by atoms with Crippen molar-refractivity contribution in [1.29, 1.82) is 0 Å². The third-order valence-corrected chi connectivity index (χ3v) is 3.92. The maximum Gasteiger partial charge on any atom is 0.262 e. The average molecular weight is 338 g/mol. The number of fused-ring (bicyclic) bond motifs is 1. The molecular formula is C19H18N2O4. The molecule has 2 aromatic rings. The van der Waals surface area contributed by atoms with Gasteiger partial charge in [0.2, 0.25) is 5.91 Å². The van der Waals surface area contributed by atoms with Gasteiger partial charge in [-0.15, -0.1) is 0 Å². The second-order valence-corrected chi connectivity index (χ2v) is 5.81. The van der Waals surface area contributed by atoms with Gasteiger partial charge in [0.15, 0.2) is 12.4 Å². The minimum absolute atomic E-state index is 0.00434. The zero-order valence-electron chi connectivity index (χ0n) is 13.8. The molecule has 0 saturated heterocycles. The largest absolute Gasteiger partial charge is 0.484 e. The molecule has 0 fully saturated rings. The first-order valence-electron chi connectivity index (χ1n) is 7.98. The summed E-state index contributed by atoms with van der Waals surface area (Å²) in [6, 6.07) is 12.1. The molecule has 0 aromatic heterocycles. The van der Waals surface area contributed by atoms with Crippen LogP contribution in [0, 0.1) is 0 Å². The number of carbonyl (C=O) groups is 3. The van der Waals surface area contributed by atoms with Crippen LogP contribution in [0.2, 0.25) is 0 Å². The first-order chi connectivity index (χ1) is 12.0. The number of carbonyl (C=O) groups excluding carboxylic acids is 3. The smallest absolute Gasteiger partial charge is 0.262 e. The third kappa shape index (κ3) is 4.03. The molecule has 128 valence electrons. The van der Waals surface area contributed by atoms with E-state index >= 15 is 0 Å². The quantitative estimate of drug-likeness (QED) is 0.821. The van der Waals surface area contributed by atoms with Crippen molar-refractivity contribution < 1.29 is 19.1 Å². The maximum absolute atomic E-state index is 12.1. The molecule has 2 amide bonds. The Balaban J connectivity index is 1.62. The van der Waals surface area contributed by atoms with Crippen molar-refractivity contribution >= 4 is 29.0 Å². The summed E-state index contributed by atoms with van der Waals surface area (Å²) in [4.78, 5) is 35.0. The number of ether oxygens (including phenoxy) is 1. The molecule has 0 radical (unpaired) electrons. The van der Waals surface area contributed by atoms with E-state index in [1.807, 2.05) is 6.07 Å². The van der Waals surface area contributed by atoms with Gasteiger partial charge in [0.05, 0.1) is 5.69 Å². The van der Waals surface area contributed by atoms with Crippen molar-refractivity contribution in [2.45, 2.75) is 19.8 Å². The second kappa shape index (κ2) is 7.17. The lowest BCUT2D eigenvalue weighted by Crippen LogP contribution is -2.22. The fourth-order valence-corrected chi connectivity index (χ4v) is 2.68. The van der Waals surface area contributed by atoms with E-state index in [1.165, 1.54) is 6.92 Å². The molecule has 2 N–H and O–H groups in total. The van der Waals surface area contributed by atoms with Gasteiger partial charge in [0.25, 0.3) is 5.91 Å². The van der Waals surface area contributed by atoms with E-state index in [-0.39, 0.29) is 24.2 Å². The molecule has 0 aliphatic carbocycles. The van der Waals surface area contributed by atoms with Gasteiger partial charge in [-0.05, 0) is 49.2 Å². The Kier molecular flexibility index (Phi) is 4.79. The highest BCUT2D eigenvalue weighted by molar-refractivity contribution is 6.04. The van der Waals surface area contributed by atoms with E-state index in [4.69, 9.17) is 4.74 Å². The Bertz CT molecular complexity index is 845. The molecule has 1 heterocycles. The van der Waals surface area contributed by atoms with Crippen molar-refractivity contribution in [3.63, 3.8) is 0 Å². The summed E-state index contributed by atoms with van der Waals surface area (Å²) in [5.41, 5.74) is 2.69. The number of hydrogen-bond acceptors (Lipinski definition) is 4. The minimum Gasteiger partial charge on any atom is -0.484 e. The lowest BCUT2D eigenvalue weighted by molar-refractivity contribution is -0.118. The Hall–Kier alpha value is -3.15. The standard InChI is InChI=1S/C19H18N2O4/c1-12(22)15-4-2-3-5-17(15)21-19(24)11-25-14-7-8-16-13(10-14)6-9-18(23)20-16/h2-5,7-8,10H,6,9,11H2,1H3,(H,20,23)(H,21,24). The molecule has 25 heavy (non-hydrogen) atoms. The summed E-state index contributed by atoms with van der Waals surface area (Å²) >= 11 is 0. The summed E-state index contributed by atoms with van der Waals surface area (Å²) < 4.78 is 5.52. The maximum atomic E-state index is 12.1. The van der Waals surface area contributed by atoms with Gasteiger partial charge >= 0.3 is 0 Å². The van der Waals surface area contributed by atoms with Crippen LogP contribution in [-0.4, -0.2) is 24.2 Å². The highest BCUT2D eigenvalue weighted by atomic mass is 16.5. The Morgan fingerprint density at radius 1 is 1.16 bits per heavy atom. The summed E-state index contributed by atoms with van der Waals surface area (Å²) in [7, 11) is 0. The first kappa shape index (κ1) is 16.7. The molecule has 0 atom stereocenters. The number of anilines is 2. The van der Waals surface area contributed by atoms with Gasteiger partial charge in [-0.1, -0.05) is 12.1 Å². The van der Waals surface area contributed by atoms with E-state index in [0.29, 0.717) is 29.8 Å². The SMILES string of the molecule is CC(=O)c1ccccc1NC(=O)COc1ccc2c(c1)CCC(=O)N2. The Labute approximate surface area is 145 Å². The van der Waals surface area contributed by atoms with Crippen LogP contribution in [0.1, 0.15) is 29.3 Å². The topological polar surface area (TPSA) is 84.5 Å². The molecule has 6 nitrogen and oxygen atoms in total.